The zero-order valence-electron chi connectivity index (χ0n) is 14.3. The molecule has 4 N–H and O–H groups in total. The molecule has 0 aromatic heterocycles. The molecule has 7 heteroatoms. The van der Waals surface area contributed by atoms with Gasteiger partial charge in [0.05, 0.1) is 12.5 Å². The number of nitrogens with one attached hydrogen (secondary N) is 4. The molecule has 1 saturated carbocycles. The SMILES string of the molecule is CC(=O)NC(CC(=O)NC1CCC2NNCC2C1)c1ccc(Cl)cc1. The van der Waals surface area contributed by atoms with E-state index in [0.29, 0.717) is 17.0 Å². The molecule has 0 spiro atoms. The van der Waals surface area contributed by atoms with Gasteiger partial charge in [-0.1, -0.05) is 23.7 Å². The Labute approximate surface area is 153 Å². The number of carbonyl (C=O) groups is 2. The van der Waals surface area contributed by atoms with E-state index in [-0.39, 0.29) is 30.3 Å². The number of fused-ring (bicyclic) bond motifs is 1. The highest BCUT2D eigenvalue weighted by molar-refractivity contribution is 6.30. The Bertz CT molecular complexity index is 622. The maximum atomic E-state index is 12.5. The first-order valence-electron chi connectivity index (χ1n) is 8.81. The minimum Gasteiger partial charge on any atom is -0.353 e. The van der Waals surface area contributed by atoms with E-state index in [1.54, 1.807) is 12.1 Å². The van der Waals surface area contributed by atoms with Crippen molar-refractivity contribution >= 4 is 23.4 Å². The molecule has 0 bridgehead atoms. The number of hydrogen-bond donors (Lipinski definition) is 4. The van der Waals surface area contributed by atoms with E-state index in [9.17, 15) is 9.59 Å². The highest BCUT2D eigenvalue weighted by Crippen LogP contribution is 2.27. The van der Waals surface area contributed by atoms with Crippen molar-refractivity contribution < 1.29 is 9.59 Å². The molecule has 25 heavy (non-hydrogen) atoms. The third-order valence-electron chi connectivity index (χ3n) is 5.04. The number of halogens is 1. The normalized spacial score (nSPS) is 26.6. The fourth-order valence-corrected chi connectivity index (χ4v) is 3.92. The van der Waals surface area contributed by atoms with Crippen LogP contribution in [0.1, 0.15) is 44.2 Å². The molecule has 1 aliphatic carbocycles. The van der Waals surface area contributed by atoms with Crippen molar-refractivity contribution in [1.82, 2.24) is 21.5 Å². The van der Waals surface area contributed by atoms with Gasteiger partial charge in [-0.3, -0.25) is 20.4 Å². The maximum absolute atomic E-state index is 12.5. The van der Waals surface area contributed by atoms with Crippen molar-refractivity contribution in [2.24, 2.45) is 5.92 Å². The van der Waals surface area contributed by atoms with Gasteiger partial charge in [0.25, 0.3) is 0 Å². The molecule has 4 atom stereocenters. The number of amides is 2. The highest BCUT2D eigenvalue weighted by Gasteiger charge is 2.34. The summed E-state index contributed by atoms with van der Waals surface area (Å²) in [6, 6.07) is 7.61. The summed E-state index contributed by atoms with van der Waals surface area (Å²) in [5.74, 6) is 0.383. The summed E-state index contributed by atoms with van der Waals surface area (Å²) in [4.78, 5) is 24.0. The van der Waals surface area contributed by atoms with Gasteiger partial charge in [-0.05, 0) is 42.9 Å². The van der Waals surface area contributed by atoms with Crippen LogP contribution in [-0.4, -0.2) is 30.4 Å². The fraction of sp³-hybridized carbons (Fsp3) is 0.556. The first-order valence-corrected chi connectivity index (χ1v) is 9.19. The van der Waals surface area contributed by atoms with E-state index in [1.165, 1.54) is 6.92 Å². The maximum Gasteiger partial charge on any atom is 0.222 e. The van der Waals surface area contributed by atoms with Gasteiger partial charge in [-0.15, -0.1) is 0 Å². The summed E-state index contributed by atoms with van der Waals surface area (Å²) >= 11 is 5.92. The number of benzene rings is 1. The van der Waals surface area contributed by atoms with Crippen LogP contribution in [-0.2, 0) is 9.59 Å². The van der Waals surface area contributed by atoms with Crippen LogP contribution in [0.2, 0.25) is 5.02 Å². The van der Waals surface area contributed by atoms with E-state index in [2.05, 4.69) is 21.5 Å². The summed E-state index contributed by atoms with van der Waals surface area (Å²) in [5.41, 5.74) is 7.37. The molecule has 4 unspecified atom stereocenters. The summed E-state index contributed by atoms with van der Waals surface area (Å²) in [5, 5.41) is 6.63. The molecule has 1 heterocycles. The topological polar surface area (TPSA) is 82.3 Å². The molecule has 2 aliphatic rings. The van der Waals surface area contributed by atoms with E-state index < -0.39 is 0 Å². The van der Waals surface area contributed by atoms with Crippen molar-refractivity contribution in [1.29, 1.82) is 0 Å². The first-order chi connectivity index (χ1) is 12.0. The minimum absolute atomic E-state index is 0.0314. The molecule has 0 radical (unpaired) electrons. The monoisotopic (exact) mass is 364 g/mol. The molecule has 1 aromatic carbocycles. The summed E-state index contributed by atoms with van der Waals surface area (Å²) in [6.45, 7) is 2.42. The molecule has 2 fully saturated rings. The van der Waals surface area contributed by atoms with Crippen LogP contribution in [0.25, 0.3) is 0 Å². The summed E-state index contributed by atoms with van der Waals surface area (Å²) in [7, 11) is 0. The van der Waals surface area contributed by atoms with Crippen molar-refractivity contribution in [3.05, 3.63) is 34.9 Å². The zero-order chi connectivity index (χ0) is 17.8. The summed E-state index contributed by atoms with van der Waals surface area (Å²) < 4.78 is 0. The van der Waals surface area contributed by atoms with Gasteiger partial charge in [-0.25, -0.2) is 0 Å². The van der Waals surface area contributed by atoms with Crippen molar-refractivity contribution in [3.8, 4) is 0 Å². The number of carbonyl (C=O) groups excluding carboxylic acids is 2. The quantitative estimate of drug-likeness (QED) is 0.640. The average molecular weight is 365 g/mol. The lowest BCUT2D eigenvalue weighted by Crippen LogP contribution is -2.44. The zero-order valence-corrected chi connectivity index (χ0v) is 15.1. The van der Waals surface area contributed by atoms with Crippen LogP contribution >= 0.6 is 11.6 Å². The van der Waals surface area contributed by atoms with Gasteiger partial charge >= 0.3 is 0 Å². The molecule has 1 aliphatic heterocycles. The minimum atomic E-state index is -0.346. The molecule has 1 aromatic rings. The van der Waals surface area contributed by atoms with E-state index in [1.807, 2.05) is 12.1 Å². The van der Waals surface area contributed by atoms with Crippen LogP contribution in [0.3, 0.4) is 0 Å². The van der Waals surface area contributed by atoms with Crippen LogP contribution in [0, 0.1) is 5.92 Å². The molecular formula is C18H25ClN4O2. The second-order valence-electron chi connectivity index (χ2n) is 6.98. The van der Waals surface area contributed by atoms with E-state index in [4.69, 9.17) is 11.6 Å². The Morgan fingerprint density at radius 2 is 2.04 bits per heavy atom. The average Bonchev–Trinajstić information content (AvgIpc) is 3.02. The number of hydrazine groups is 1. The third kappa shape index (κ3) is 4.93. The summed E-state index contributed by atoms with van der Waals surface area (Å²) in [6.07, 6.45) is 3.26. The lowest BCUT2D eigenvalue weighted by molar-refractivity contribution is -0.123. The van der Waals surface area contributed by atoms with Gasteiger partial charge in [-0.2, -0.15) is 0 Å². The van der Waals surface area contributed by atoms with Gasteiger partial charge in [0.1, 0.15) is 0 Å². The Morgan fingerprint density at radius 3 is 2.76 bits per heavy atom. The smallest absolute Gasteiger partial charge is 0.222 e. The van der Waals surface area contributed by atoms with Crippen LogP contribution in [0.15, 0.2) is 24.3 Å². The lowest BCUT2D eigenvalue weighted by atomic mass is 9.83. The van der Waals surface area contributed by atoms with Crippen LogP contribution in [0.5, 0.6) is 0 Å². The third-order valence-corrected chi connectivity index (χ3v) is 5.29. The van der Waals surface area contributed by atoms with Crippen LogP contribution < -0.4 is 21.5 Å². The Balaban J connectivity index is 1.58. The largest absolute Gasteiger partial charge is 0.353 e. The number of hydrogen-bond acceptors (Lipinski definition) is 4. The molecule has 6 nitrogen and oxygen atoms in total. The fourth-order valence-electron chi connectivity index (χ4n) is 3.80. The predicted molar refractivity (Wildman–Crippen MR) is 96.8 cm³/mol. The highest BCUT2D eigenvalue weighted by atomic mass is 35.5. The van der Waals surface area contributed by atoms with Gasteiger partial charge in [0.2, 0.25) is 11.8 Å². The Hall–Kier alpha value is -1.63. The lowest BCUT2D eigenvalue weighted by Gasteiger charge is -2.31. The Kier molecular flexibility index (Phi) is 5.93. The van der Waals surface area contributed by atoms with Gasteiger partial charge < -0.3 is 10.6 Å². The second kappa shape index (κ2) is 8.17. The molecular weight excluding hydrogens is 340 g/mol. The Morgan fingerprint density at radius 1 is 1.28 bits per heavy atom. The molecule has 2 amide bonds. The van der Waals surface area contributed by atoms with Crippen LogP contribution in [0.4, 0.5) is 0 Å². The molecule has 3 rings (SSSR count). The van der Waals surface area contributed by atoms with E-state index in [0.717, 1.165) is 31.4 Å². The predicted octanol–water partition coefficient (Wildman–Crippen LogP) is 1.67. The first kappa shape index (κ1) is 18.2. The second-order valence-corrected chi connectivity index (χ2v) is 7.41. The molecule has 1 saturated heterocycles. The van der Waals surface area contributed by atoms with Gasteiger partial charge in [0, 0.05) is 30.6 Å². The standard InChI is InChI=1S/C18H25ClN4O2/c1-11(24)21-17(12-2-4-14(19)5-3-12)9-18(25)22-15-6-7-16-13(8-15)10-20-23-16/h2-5,13,15-17,20,23H,6-10H2,1H3,(H,21,24)(H,22,25). The molecule has 136 valence electrons. The van der Waals surface area contributed by atoms with Crippen molar-refractivity contribution in [2.45, 2.75) is 50.7 Å². The number of rotatable bonds is 5. The van der Waals surface area contributed by atoms with Crippen molar-refractivity contribution in [2.75, 3.05) is 6.54 Å². The van der Waals surface area contributed by atoms with Gasteiger partial charge in [0.15, 0.2) is 0 Å². The van der Waals surface area contributed by atoms with E-state index >= 15 is 0 Å². The van der Waals surface area contributed by atoms with Crippen molar-refractivity contribution in [3.63, 3.8) is 0 Å².